The van der Waals surface area contributed by atoms with Crippen molar-refractivity contribution in [1.82, 2.24) is 10.3 Å². The summed E-state index contributed by atoms with van der Waals surface area (Å²) in [4.78, 5) is 25.1. The van der Waals surface area contributed by atoms with Gasteiger partial charge >= 0.3 is 12.1 Å². The van der Waals surface area contributed by atoms with E-state index < -0.39 is 36.2 Å². The van der Waals surface area contributed by atoms with Crippen molar-refractivity contribution in [1.29, 1.82) is 0 Å². The number of carboxylic acids is 1. The fourth-order valence-electron chi connectivity index (χ4n) is 2.33. The zero-order valence-corrected chi connectivity index (χ0v) is 11.8. The number of alkyl halides is 3. The van der Waals surface area contributed by atoms with Gasteiger partial charge in [0.25, 0.3) is 0 Å². The van der Waals surface area contributed by atoms with Gasteiger partial charge in [0.1, 0.15) is 6.04 Å². The van der Waals surface area contributed by atoms with Gasteiger partial charge in [-0.25, -0.2) is 4.79 Å². The normalized spacial score (nSPS) is 13.0. The van der Waals surface area contributed by atoms with Crippen LogP contribution in [0.4, 0.5) is 13.2 Å². The van der Waals surface area contributed by atoms with Crippen molar-refractivity contribution in [3.63, 3.8) is 0 Å². The van der Waals surface area contributed by atoms with Crippen LogP contribution in [0.15, 0.2) is 24.4 Å². The Hall–Kier alpha value is -2.55. The maximum absolute atomic E-state index is 13.1. The number of halogens is 3. The third-order valence-electron chi connectivity index (χ3n) is 3.34. The highest BCUT2D eigenvalue weighted by atomic mass is 19.4. The number of nitrogens with one attached hydrogen (secondary N) is 2. The Morgan fingerprint density at radius 3 is 2.61 bits per heavy atom. The van der Waals surface area contributed by atoms with Crippen molar-refractivity contribution in [3.05, 3.63) is 35.5 Å². The standard InChI is InChI=1S/C14H14F3N3O3/c15-14(16,17)8-2-1-3-9-12(8)7(6-19-9)4-10(13(22)23)20-11(21)5-18/h1-3,6,10,19H,4-5,18H2,(H,20,21)(H,22,23). The number of carbonyl (C=O) groups is 2. The van der Waals surface area contributed by atoms with Gasteiger partial charge in [-0.1, -0.05) is 6.07 Å². The lowest BCUT2D eigenvalue weighted by Gasteiger charge is -2.15. The van der Waals surface area contributed by atoms with E-state index in [0.717, 1.165) is 6.07 Å². The lowest BCUT2D eigenvalue weighted by molar-refractivity contribution is -0.141. The number of hydrogen-bond acceptors (Lipinski definition) is 3. The van der Waals surface area contributed by atoms with E-state index in [1.807, 2.05) is 0 Å². The van der Waals surface area contributed by atoms with E-state index in [-0.39, 0.29) is 22.9 Å². The zero-order chi connectivity index (χ0) is 17.2. The third kappa shape index (κ3) is 3.62. The summed E-state index contributed by atoms with van der Waals surface area (Å²) in [5.41, 5.74) is 4.64. The molecule has 1 atom stereocenters. The van der Waals surface area contributed by atoms with Gasteiger partial charge in [0, 0.05) is 23.5 Å². The Kier molecular flexibility index (Phi) is 4.60. The number of aliphatic carboxylic acids is 1. The van der Waals surface area contributed by atoms with Gasteiger partial charge < -0.3 is 21.1 Å². The van der Waals surface area contributed by atoms with E-state index in [2.05, 4.69) is 10.3 Å². The van der Waals surface area contributed by atoms with Gasteiger partial charge in [-0.05, 0) is 17.7 Å². The maximum Gasteiger partial charge on any atom is 0.417 e. The molecule has 2 aromatic rings. The number of benzene rings is 1. The van der Waals surface area contributed by atoms with Gasteiger partial charge in [-0.15, -0.1) is 0 Å². The topological polar surface area (TPSA) is 108 Å². The second kappa shape index (κ2) is 6.29. The summed E-state index contributed by atoms with van der Waals surface area (Å²) >= 11 is 0. The Bertz CT molecular complexity index is 740. The molecule has 2 rings (SSSR count). The van der Waals surface area contributed by atoms with E-state index in [1.54, 1.807) is 0 Å². The maximum atomic E-state index is 13.1. The van der Waals surface area contributed by atoms with Crippen LogP contribution < -0.4 is 11.1 Å². The van der Waals surface area contributed by atoms with Crippen LogP contribution in [-0.2, 0) is 22.2 Å². The fraction of sp³-hybridized carbons (Fsp3) is 0.286. The van der Waals surface area contributed by atoms with E-state index in [0.29, 0.717) is 0 Å². The molecule has 1 unspecified atom stereocenters. The Labute approximate surface area is 128 Å². The van der Waals surface area contributed by atoms with Crippen molar-refractivity contribution in [2.24, 2.45) is 5.73 Å². The second-order valence-corrected chi connectivity index (χ2v) is 4.91. The molecule has 0 saturated heterocycles. The highest BCUT2D eigenvalue weighted by Crippen LogP contribution is 2.36. The van der Waals surface area contributed by atoms with Crippen LogP contribution in [0.1, 0.15) is 11.1 Å². The Morgan fingerprint density at radius 1 is 1.35 bits per heavy atom. The number of amides is 1. The smallest absolute Gasteiger partial charge is 0.417 e. The minimum atomic E-state index is -4.57. The molecule has 0 aliphatic rings. The molecule has 0 bridgehead atoms. The minimum Gasteiger partial charge on any atom is -0.480 e. The molecule has 1 amide bonds. The van der Waals surface area contributed by atoms with E-state index in [9.17, 15) is 22.8 Å². The molecular formula is C14H14F3N3O3. The number of carbonyl (C=O) groups excluding carboxylic acids is 1. The highest BCUT2D eigenvalue weighted by molar-refractivity contribution is 5.89. The van der Waals surface area contributed by atoms with Crippen molar-refractivity contribution >= 4 is 22.8 Å². The van der Waals surface area contributed by atoms with Gasteiger partial charge in [-0.3, -0.25) is 4.79 Å². The first kappa shape index (κ1) is 16.8. The molecule has 9 heteroatoms. The number of aromatic amines is 1. The molecule has 5 N–H and O–H groups in total. The SMILES string of the molecule is NCC(=O)NC(Cc1c[nH]c2cccc(C(F)(F)F)c12)C(=O)O. The first-order chi connectivity index (χ1) is 10.7. The van der Waals surface area contributed by atoms with Crippen LogP contribution in [0, 0.1) is 0 Å². The molecule has 1 aromatic carbocycles. The van der Waals surface area contributed by atoms with Crippen LogP contribution in [0.25, 0.3) is 10.9 Å². The Balaban J connectivity index is 2.43. The molecule has 0 radical (unpaired) electrons. The monoisotopic (exact) mass is 329 g/mol. The van der Waals surface area contributed by atoms with Gasteiger partial charge in [0.05, 0.1) is 12.1 Å². The van der Waals surface area contributed by atoms with E-state index >= 15 is 0 Å². The molecule has 1 heterocycles. The van der Waals surface area contributed by atoms with E-state index in [4.69, 9.17) is 10.8 Å². The number of hydrogen-bond donors (Lipinski definition) is 4. The predicted molar refractivity (Wildman–Crippen MR) is 75.6 cm³/mol. The van der Waals surface area contributed by atoms with E-state index in [1.165, 1.54) is 18.3 Å². The van der Waals surface area contributed by atoms with Crippen molar-refractivity contribution in [3.8, 4) is 0 Å². The number of nitrogens with two attached hydrogens (primary N) is 1. The summed E-state index contributed by atoms with van der Waals surface area (Å²) in [6.07, 6.45) is -3.56. The zero-order valence-electron chi connectivity index (χ0n) is 11.8. The molecule has 0 aliphatic heterocycles. The second-order valence-electron chi connectivity index (χ2n) is 4.91. The predicted octanol–water partition coefficient (Wildman–Crippen LogP) is 1.26. The molecule has 0 fully saturated rings. The number of H-pyrrole nitrogens is 1. The van der Waals surface area contributed by atoms with Crippen LogP contribution in [0.2, 0.25) is 0 Å². The molecule has 0 saturated carbocycles. The van der Waals surface area contributed by atoms with Crippen LogP contribution in [-0.4, -0.2) is 34.6 Å². The Morgan fingerprint density at radius 2 is 2.04 bits per heavy atom. The minimum absolute atomic E-state index is 0.103. The summed E-state index contributed by atoms with van der Waals surface area (Å²) in [7, 11) is 0. The molecule has 1 aromatic heterocycles. The molecular weight excluding hydrogens is 315 g/mol. The third-order valence-corrected chi connectivity index (χ3v) is 3.34. The highest BCUT2D eigenvalue weighted by Gasteiger charge is 2.34. The number of aromatic nitrogens is 1. The first-order valence-corrected chi connectivity index (χ1v) is 6.62. The summed E-state index contributed by atoms with van der Waals surface area (Å²) < 4.78 is 39.4. The van der Waals surface area contributed by atoms with Crippen molar-refractivity contribution in [2.45, 2.75) is 18.6 Å². The molecule has 124 valence electrons. The molecule has 6 nitrogen and oxygen atoms in total. The lowest BCUT2D eigenvalue weighted by atomic mass is 10.0. The number of carboxylic acid groups (broad SMARTS) is 1. The van der Waals surface area contributed by atoms with Crippen molar-refractivity contribution in [2.75, 3.05) is 6.54 Å². The first-order valence-electron chi connectivity index (χ1n) is 6.62. The average molecular weight is 329 g/mol. The lowest BCUT2D eigenvalue weighted by Crippen LogP contribution is -2.44. The summed E-state index contributed by atoms with van der Waals surface area (Å²) in [6, 6.07) is 2.28. The quantitative estimate of drug-likeness (QED) is 0.662. The van der Waals surface area contributed by atoms with Crippen LogP contribution in [0.5, 0.6) is 0 Å². The molecule has 0 aliphatic carbocycles. The summed E-state index contributed by atoms with van der Waals surface area (Å²) in [6.45, 7) is -0.411. The van der Waals surface area contributed by atoms with Crippen LogP contribution >= 0.6 is 0 Å². The van der Waals surface area contributed by atoms with Crippen molar-refractivity contribution < 1.29 is 27.9 Å². The average Bonchev–Trinajstić information content (AvgIpc) is 2.88. The summed E-state index contributed by atoms with van der Waals surface area (Å²) in [5.74, 6) is -2.06. The van der Waals surface area contributed by atoms with Crippen LogP contribution in [0.3, 0.4) is 0 Å². The van der Waals surface area contributed by atoms with Gasteiger partial charge in [0.2, 0.25) is 5.91 Å². The molecule has 0 spiro atoms. The van der Waals surface area contributed by atoms with Gasteiger partial charge in [-0.2, -0.15) is 13.2 Å². The number of rotatable bonds is 5. The molecule has 23 heavy (non-hydrogen) atoms. The fourth-order valence-corrected chi connectivity index (χ4v) is 2.33. The number of fused-ring (bicyclic) bond motifs is 1. The van der Waals surface area contributed by atoms with Gasteiger partial charge in [0.15, 0.2) is 0 Å². The largest absolute Gasteiger partial charge is 0.480 e. The summed E-state index contributed by atoms with van der Waals surface area (Å²) in [5, 5.41) is 11.2.